The lowest BCUT2D eigenvalue weighted by Crippen LogP contribution is -2.13. The molecule has 1 aliphatic carbocycles. The van der Waals surface area contributed by atoms with Crippen LogP contribution >= 0.6 is 15.9 Å². The summed E-state index contributed by atoms with van der Waals surface area (Å²) >= 11 is 3.44. The van der Waals surface area contributed by atoms with Gasteiger partial charge in [0.05, 0.1) is 5.69 Å². The van der Waals surface area contributed by atoms with E-state index in [1.165, 1.54) is 16.5 Å². The molecule has 1 heterocycles. The van der Waals surface area contributed by atoms with Crippen LogP contribution in [0.4, 0.5) is 0 Å². The molecule has 114 valence electrons. The molecule has 0 amide bonds. The van der Waals surface area contributed by atoms with E-state index in [-0.39, 0.29) is 5.78 Å². The number of aryl methyl sites for hydroxylation is 2. The fourth-order valence-electron chi connectivity index (χ4n) is 3.25. The summed E-state index contributed by atoms with van der Waals surface area (Å²) in [5.74, 6) is 0.128. The second kappa shape index (κ2) is 5.50. The summed E-state index contributed by atoms with van der Waals surface area (Å²) in [6, 6.07) is 14.3. The van der Waals surface area contributed by atoms with Gasteiger partial charge in [-0.25, -0.2) is 0 Å². The third-order valence-corrected chi connectivity index (χ3v) is 4.96. The SMILES string of the molecule is Cc1ccc2[nH]c3c(c2c1)CC/C(=C\c1ccc(Br)cc1)C3=O. The Hall–Kier alpha value is -2.13. The Morgan fingerprint density at radius 3 is 2.65 bits per heavy atom. The van der Waals surface area contributed by atoms with Crippen molar-refractivity contribution >= 4 is 38.7 Å². The maximum atomic E-state index is 12.8. The zero-order valence-electron chi connectivity index (χ0n) is 12.8. The highest BCUT2D eigenvalue weighted by atomic mass is 79.9. The maximum Gasteiger partial charge on any atom is 0.205 e. The summed E-state index contributed by atoms with van der Waals surface area (Å²) < 4.78 is 1.04. The van der Waals surface area contributed by atoms with Crippen molar-refractivity contribution in [3.05, 3.63) is 74.9 Å². The lowest BCUT2D eigenvalue weighted by molar-refractivity contribution is 0.102. The number of carbonyl (C=O) groups excluding carboxylic acids is 1. The summed E-state index contributed by atoms with van der Waals surface area (Å²) in [5, 5.41) is 1.19. The molecule has 1 aliphatic rings. The largest absolute Gasteiger partial charge is 0.352 e. The number of nitrogens with one attached hydrogen (secondary N) is 1. The number of rotatable bonds is 1. The van der Waals surface area contributed by atoms with E-state index < -0.39 is 0 Å². The number of halogens is 1. The molecule has 0 fully saturated rings. The molecule has 3 heteroatoms. The van der Waals surface area contributed by atoms with E-state index in [1.807, 2.05) is 30.3 Å². The van der Waals surface area contributed by atoms with Crippen LogP contribution in [0.25, 0.3) is 17.0 Å². The van der Waals surface area contributed by atoms with Crippen LogP contribution in [-0.2, 0) is 6.42 Å². The molecule has 2 aromatic carbocycles. The van der Waals surface area contributed by atoms with Crippen molar-refractivity contribution in [1.82, 2.24) is 4.98 Å². The molecule has 3 aromatic rings. The van der Waals surface area contributed by atoms with Crippen LogP contribution in [0, 0.1) is 6.92 Å². The first-order valence-corrected chi connectivity index (χ1v) is 8.53. The van der Waals surface area contributed by atoms with E-state index in [2.05, 4.69) is 46.0 Å². The quantitative estimate of drug-likeness (QED) is 0.571. The second-order valence-electron chi connectivity index (χ2n) is 6.08. The predicted molar refractivity (Wildman–Crippen MR) is 97.8 cm³/mol. The van der Waals surface area contributed by atoms with Gasteiger partial charge in [0.25, 0.3) is 0 Å². The Kier molecular flexibility index (Phi) is 3.46. The van der Waals surface area contributed by atoms with E-state index in [9.17, 15) is 4.79 Å². The molecule has 1 N–H and O–H groups in total. The minimum atomic E-state index is 0.128. The third-order valence-electron chi connectivity index (χ3n) is 4.44. The van der Waals surface area contributed by atoms with Crippen LogP contribution in [0.3, 0.4) is 0 Å². The summed E-state index contributed by atoms with van der Waals surface area (Å²) in [7, 11) is 0. The van der Waals surface area contributed by atoms with E-state index in [1.54, 1.807) is 0 Å². The number of allylic oxidation sites excluding steroid dienone is 1. The number of aromatic nitrogens is 1. The number of hydrogen-bond acceptors (Lipinski definition) is 1. The van der Waals surface area contributed by atoms with Gasteiger partial charge < -0.3 is 4.98 Å². The lowest BCUT2D eigenvalue weighted by Gasteiger charge is -2.14. The fourth-order valence-corrected chi connectivity index (χ4v) is 3.51. The van der Waals surface area contributed by atoms with E-state index in [0.717, 1.165) is 39.7 Å². The van der Waals surface area contributed by atoms with Crippen molar-refractivity contribution < 1.29 is 4.79 Å². The van der Waals surface area contributed by atoms with Gasteiger partial charge in [-0.3, -0.25) is 4.79 Å². The summed E-state index contributed by atoms with van der Waals surface area (Å²) in [6.07, 6.45) is 3.71. The minimum absolute atomic E-state index is 0.128. The van der Waals surface area contributed by atoms with Gasteiger partial charge in [-0.15, -0.1) is 0 Å². The molecule has 0 bridgehead atoms. The average Bonchev–Trinajstić information content (AvgIpc) is 2.91. The molecule has 2 nitrogen and oxygen atoms in total. The molecule has 0 saturated carbocycles. The van der Waals surface area contributed by atoms with Crippen molar-refractivity contribution in [3.8, 4) is 0 Å². The monoisotopic (exact) mass is 365 g/mol. The van der Waals surface area contributed by atoms with Crippen molar-refractivity contribution in [1.29, 1.82) is 0 Å². The number of fused-ring (bicyclic) bond motifs is 3. The van der Waals surface area contributed by atoms with Crippen molar-refractivity contribution in [2.45, 2.75) is 19.8 Å². The van der Waals surface area contributed by atoms with Gasteiger partial charge in [0.1, 0.15) is 0 Å². The van der Waals surface area contributed by atoms with Crippen LogP contribution in [0.1, 0.15) is 33.6 Å². The van der Waals surface area contributed by atoms with E-state index >= 15 is 0 Å². The minimum Gasteiger partial charge on any atom is -0.352 e. The molecule has 23 heavy (non-hydrogen) atoms. The third kappa shape index (κ3) is 2.55. The topological polar surface area (TPSA) is 32.9 Å². The van der Waals surface area contributed by atoms with Crippen LogP contribution in [0.5, 0.6) is 0 Å². The molecule has 0 unspecified atom stereocenters. The van der Waals surface area contributed by atoms with Gasteiger partial charge in [0.2, 0.25) is 5.78 Å². The van der Waals surface area contributed by atoms with E-state index in [0.29, 0.717) is 0 Å². The number of ketones is 1. The number of hydrogen-bond donors (Lipinski definition) is 1. The van der Waals surface area contributed by atoms with Gasteiger partial charge >= 0.3 is 0 Å². The molecule has 0 atom stereocenters. The summed E-state index contributed by atoms with van der Waals surface area (Å²) in [4.78, 5) is 16.2. The smallest absolute Gasteiger partial charge is 0.205 e. The Balaban J connectivity index is 1.77. The molecule has 0 aliphatic heterocycles. The van der Waals surface area contributed by atoms with Crippen LogP contribution < -0.4 is 0 Å². The van der Waals surface area contributed by atoms with E-state index in [4.69, 9.17) is 0 Å². The van der Waals surface area contributed by atoms with Crippen LogP contribution in [0.2, 0.25) is 0 Å². The number of benzene rings is 2. The van der Waals surface area contributed by atoms with Crippen LogP contribution in [0.15, 0.2) is 52.5 Å². The highest BCUT2D eigenvalue weighted by Crippen LogP contribution is 2.32. The van der Waals surface area contributed by atoms with Gasteiger partial charge in [-0.1, -0.05) is 39.7 Å². The number of carbonyl (C=O) groups is 1. The van der Waals surface area contributed by atoms with Gasteiger partial charge in [-0.2, -0.15) is 0 Å². The molecular formula is C20H16BrNO. The normalized spacial score (nSPS) is 16.1. The first-order chi connectivity index (χ1) is 11.1. The maximum absolute atomic E-state index is 12.8. The predicted octanol–water partition coefficient (Wildman–Crippen LogP) is 5.45. The zero-order valence-corrected chi connectivity index (χ0v) is 14.4. The molecule has 1 aromatic heterocycles. The molecule has 0 saturated heterocycles. The molecular weight excluding hydrogens is 350 g/mol. The summed E-state index contributed by atoms with van der Waals surface area (Å²) in [6.45, 7) is 2.09. The van der Waals surface area contributed by atoms with Gasteiger partial charge in [0.15, 0.2) is 0 Å². The Bertz CT molecular complexity index is 948. The number of H-pyrrole nitrogens is 1. The average molecular weight is 366 g/mol. The first-order valence-electron chi connectivity index (χ1n) is 7.74. The first kappa shape index (κ1) is 14.5. The standard InChI is InChI=1S/C20H16BrNO/c1-12-2-9-18-17(10-12)16-8-5-14(20(23)19(16)22-18)11-13-3-6-15(21)7-4-13/h2-4,6-7,9-11,22H,5,8H2,1H3/b14-11+. The fraction of sp³-hybridized carbons (Fsp3) is 0.150. The highest BCUT2D eigenvalue weighted by Gasteiger charge is 2.25. The number of Topliss-reactive ketones (excluding diaryl/α,β-unsaturated/α-hetero) is 1. The number of aromatic amines is 1. The summed E-state index contributed by atoms with van der Waals surface area (Å²) in [5.41, 5.74) is 6.15. The van der Waals surface area contributed by atoms with Crippen molar-refractivity contribution in [2.75, 3.05) is 0 Å². The molecule has 4 rings (SSSR count). The molecule has 0 spiro atoms. The van der Waals surface area contributed by atoms with Crippen molar-refractivity contribution in [3.63, 3.8) is 0 Å². The van der Waals surface area contributed by atoms with Crippen LogP contribution in [-0.4, -0.2) is 10.8 Å². The Morgan fingerprint density at radius 2 is 1.87 bits per heavy atom. The lowest BCUT2D eigenvalue weighted by atomic mass is 9.89. The second-order valence-corrected chi connectivity index (χ2v) is 6.99. The Morgan fingerprint density at radius 1 is 1.09 bits per heavy atom. The highest BCUT2D eigenvalue weighted by molar-refractivity contribution is 9.10. The van der Waals surface area contributed by atoms with Crippen molar-refractivity contribution in [2.24, 2.45) is 0 Å². The van der Waals surface area contributed by atoms with Gasteiger partial charge in [-0.05, 0) is 61.2 Å². The Labute approximate surface area is 143 Å². The van der Waals surface area contributed by atoms with Gasteiger partial charge in [0, 0.05) is 20.9 Å². The zero-order chi connectivity index (χ0) is 16.0. The molecule has 0 radical (unpaired) electrons.